The van der Waals surface area contributed by atoms with Crippen molar-refractivity contribution < 1.29 is 9.13 Å². The zero-order valence-corrected chi connectivity index (χ0v) is 13.6. The molecule has 20 heavy (non-hydrogen) atoms. The van der Waals surface area contributed by atoms with Crippen LogP contribution >= 0.6 is 27.5 Å². The fourth-order valence-electron chi connectivity index (χ4n) is 1.85. The van der Waals surface area contributed by atoms with Gasteiger partial charge in [-0.2, -0.15) is 0 Å². The lowest BCUT2D eigenvalue weighted by Gasteiger charge is -2.13. The summed E-state index contributed by atoms with van der Waals surface area (Å²) in [5, 5.41) is 0.133. The lowest BCUT2D eigenvalue weighted by molar-refractivity contribution is 0.242. The number of ether oxygens (including phenoxy) is 1. The first kappa shape index (κ1) is 15.3. The van der Waals surface area contributed by atoms with Gasteiger partial charge in [-0.05, 0) is 49.2 Å². The molecule has 0 radical (unpaired) electrons. The van der Waals surface area contributed by atoms with Crippen molar-refractivity contribution >= 4 is 27.5 Å². The number of hydrogen-bond donors (Lipinski definition) is 0. The molecule has 1 unspecified atom stereocenters. The normalized spacial score (nSPS) is 12.5. The third-order valence-corrected chi connectivity index (χ3v) is 4.14. The van der Waals surface area contributed by atoms with Crippen molar-refractivity contribution in [2.45, 2.75) is 24.8 Å². The first-order valence-corrected chi connectivity index (χ1v) is 7.62. The fraction of sp³-hybridized carbons (Fsp3) is 0.250. The fourth-order valence-corrected chi connectivity index (χ4v) is 2.56. The van der Waals surface area contributed by atoms with E-state index in [1.807, 2.05) is 44.2 Å². The Bertz CT molecular complexity index is 584. The second-order valence-corrected chi connectivity index (χ2v) is 6.09. The molecule has 1 atom stereocenters. The molecule has 1 nitrogen and oxygen atoms in total. The Morgan fingerprint density at radius 3 is 2.20 bits per heavy atom. The van der Waals surface area contributed by atoms with Crippen molar-refractivity contribution in [1.82, 2.24) is 0 Å². The van der Waals surface area contributed by atoms with Crippen LogP contribution < -0.4 is 4.74 Å². The summed E-state index contributed by atoms with van der Waals surface area (Å²) in [6.07, 6.45) is 0.144. The third kappa shape index (κ3) is 3.74. The molecule has 0 bridgehead atoms. The van der Waals surface area contributed by atoms with E-state index in [4.69, 9.17) is 16.3 Å². The number of benzene rings is 2. The van der Waals surface area contributed by atoms with Gasteiger partial charge in [0.05, 0.1) is 16.0 Å². The minimum Gasteiger partial charge on any atom is -0.491 e. The van der Waals surface area contributed by atoms with E-state index in [0.29, 0.717) is 0 Å². The SMILES string of the molecule is CC(C)Oc1ccc(C(Br)c2ccc(Cl)c(F)c2)cc1. The molecule has 2 rings (SSSR count). The van der Waals surface area contributed by atoms with Crippen LogP contribution in [0.15, 0.2) is 42.5 Å². The Labute approximate surface area is 131 Å². The molecule has 0 fully saturated rings. The molecule has 0 amide bonds. The number of hydrogen-bond acceptors (Lipinski definition) is 1. The van der Waals surface area contributed by atoms with Crippen LogP contribution in [0.5, 0.6) is 5.75 Å². The first-order chi connectivity index (χ1) is 9.47. The van der Waals surface area contributed by atoms with Crippen LogP contribution in [0.2, 0.25) is 5.02 Å². The Hall–Kier alpha value is -1.06. The molecule has 0 N–H and O–H groups in total. The Kier molecular flexibility index (Phi) is 5.06. The number of alkyl halides is 1. The average Bonchev–Trinajstić information content (AvgIpc) is 2.41. The summed E-state index contributed by atoms with van der Waals surface area (Å²) in [7, 11) is 0. The molecule has 2 aromatic rings. The molecule has 106 valence electrons. The van der Waals surface area contributed by atoms with Gasteiger partial charge < -0.3 is 4.74 Å². The predicted molar refractivity (Wildman–Crippen MR) is 84.4 cm³/mol. The van der Waals surface area contributed by atoms with Crippen LogP contribution in [-0.2, 0) is 0 Å². The van der Waals surface area contributed by atoms with E-state index in [0.717, 1.165) is 16.9 Å². The van der Waals surface area contributed by atoms with Gasteiger partial charge in [0, 0.05) is 0 Å². The maximum Gasteiger partial charge on any atom is 0.142 e. The molecule has 4 heteroatoms. The highest BCUT2D eigenvalue weighted by atomic mass is 79.9. The van der Waals surface area contributed by atoms with E-state index >= 15 is 0 Å². The highest BCUT2D eigenvalue weighted by Crippen LogP contribution is 2.33. The summed E-state index contributed by atoms with van der Waals surface area (Å²) in [6.45, 7) is 3.97. The van der Waals surface area contributed by atoms with Crippen molar-refractivity contribution in [2.75, 3.05) is 0 Å². The van der Waals surface area contributed by atoms with E-state index in [9.17, 15) is 4.39 Å². The molecule has 0 aliphatic carbocycles. The zero-order chi connectivity index (χ0) is 14.7. The average molecular weight is 358 g/mol. The van der Waals surface area contributed by atoms with Gasteiger partial charge in [-0.25, -0.2) is 4.39 Å². The molecule has 0 aliphatic heterocycles. The summed E-state index contributed by atoms with van der Waals surface area (Å²) in [5.41, 5.74) is 1.85. The molecule has 0 saturated heterocycles. The molecule has 0 aliphatic rings. The van der Waals surface area contributed by atoms with Crippen molar-refractivity contribution in [3.05, 3.63) is 64.4 Å². The van der Waals surface area contributed by atoms with Crippen LogP contribution in [0.3, 0.4) is 0 Å². The maximum absolute atomic E-state index is 13.5. The highest BCUT2D eigenvalue weighted by molar-refractivity contribution is 9.09. The second-order valence-electron chi connectivity index (χ2n) is 4.77. The van der Waals surface area contributed by atoms with Crippen LogP contribution in [0.1, 0.15) is 29.8 Å². The van der Waals surface area contributed by atoms with Crippen LogP contribution in [-0.4, -0.2) is 6.10 Å². The van der Waals surface area contributed by atoms with Crippen molar-refractivity contribution in [2.24, 2.45) is 0 Å². The molecular formula is C16H15BrClFO. The van der Waals surface area contributed by atoms with Gasteiger partial charge in [-0.15, -0.1) is 0 Å². The minimum absolute atomic E-state index is 0.0811. The monoisotopic (exact) mass is 356 g/mol. The number of rotatable bonds is 4. The van der Waals surface area contributed by atoms with Gasteiger partial charge in [0.25, 0.3) is 0 Å². The van der Waals surface area contributed by atoms with Gasteiger partial charge in [0.2, 0.25) is 0 Å². The van der Waals surface area contributed by atoms with Crippen LogP contribution in [0.4, 0.5) is 4.39 Å². The van der Waals surface area contributed by atoms with Crippen molar-refractivity contribution in [3.63, 3.8) is 0 Å². The smallest absolute Gasteiger partial charge is 0.142 e. The third-order valence-electron chi connectivity index (χ3n) is 2.78. The van der Waals surface area contributed by atoms with Gasteiger partial charge >= 0.3 is 0 Å². The van der Waals surface area contributed by atoms with Crippen LogP contribution in [0.25, 0.3) is 0 Å². The van der Waals surface area contributed by atoms with E-state index in [2.05, 4.69) is 15.9 Å². The molecule has 0 heterocycles. The van der Waals surface area contributed by atoms with Gasteiger partial charge in [-0.3, -0.25) is 0 Å². The van der Waals surface area contributed by atoms with E-state index in [1.165, 1.54) is 6.07 Å². The topological polar surface area (TPSA) is 9.23 Å². The van der Waals surface area contributed by atoms with E-state index in [1.54, 1.807) is 6.07 Å². The molecule has 0 saturated carbocycles. The van der Waals surface area contributed by atoms with Gasteiger partial charge in [0.1, 0.15) is 11.6 Å². The summed E-state index contributed by atoms with van der Waals surface area (Å²) in [5.74, 6) is 0.416. The van der Waals surface area contributed by atoms with Crippen molar-refractivity contribution in [3.8, 4) is 5.75 Å². The van der Waals surface area contributed by atoms with Crippen LogP contribution in [0, 0.1) is 5.82 Å². The van der Waals surface area contributed by atoms with E-state index < -0.39 is 5.82 Å². The van der Waals surface area contributed by atoms with Crippen molar-refractivity contribution in [1.29, 1.82) is 0 Å². The summed E-state index contributed by atoms with van der Waals surface area (Å²) < 4.78 is 19.1. The molecule has 2 aromatic carbocycles. The van der Waals surface area contributed by atoms with Gasteiger partial charge in [0.15, 0.2) is 0 Å². The maximum atomic E-state index is 13.5. The molecular weight excluding hydrogens is 343 g/mol. The van der Waals surface area contributed by atoms with Gasteiger partial charge in [-0.1, -0.05) is 45.7 Å². The Morgan fingerprint density at radius 2 is 1.65 bits per heavy atom. The lowest BCUT2D eigenvalue weighted by Crippen LogP contribution is -2.05. The Morgan fingerprint density at radius 1 is 1.05 bits per heavy atom. The summed E-state index contributed by atoms with van der Waals surface area (Å²) in [4.78, 5) is -0.0811. The Balaban J connectivity index is 2.20. The van der Waals surface area contributed by atoms with E-state index in [-0.39, 0.29) is 16.0 Å². The zero-order valence-electron chi connectivity index (χ0n) is 11.2. The highest BCUT2D eigenvalue weighted by Gasteiger charge is 2.12. The number of halogens is 3. The first-order valence-electron chi connectivity index (χ1n) is 6.33. The quantitative estimate of drug-likeness (QED) is 0.633. The summed E-state index contributed by atoms with van der Waals surface area (Å²) in [6, 6.07) is 12.6. The second kappa shape index (κ2) is 6.59. The minimum atomic E-state index is -0.409. The predicted octanol–water partition coefficient (Wildman–Crippen LogP) is 5.75. The molecule has 0 aromatic heterocycles. The summed E-state index contributed by atoms with van der Waals surface area (Å²) >= 11 is 9.27. The standard InChI is InChI=1S/C16H15BrClFO/c1-10(2)20-13-6-3-11(4-7-13)16(17)12-5-8-14(18)15(19)9-12/h3-10,16H,1-2H3. The lowest BCUT2D eigenvalue weighted by atomic mass is 10.0. The molecule has 0 spiro atoms. The largest absolute Gasteiger partial charge is 0.491 e.